The molecule has 18 heavy (non-hydrogen) atoms. The van der Waals surface area contributed by atoms with Gasteiger partial charge in [-0.25, -0.2) is 4.98 Å². The Morgan fingerprint density at radius 2 is 2.22 bits per heavy atom. The summed E-state index contributed by atoms with van der Waals surface area (Å²) < 4.78 is 0. The number of benzene rings is 1. The van der Waals surface area contributed by atoms with E-state index in [-0.39, 0.29) is 0 Å². The molecule has 2 aromatic rings. The number of imidazole rings is 1. The zero-order valence-electron chi connectivity index (χ0n) is 10.3. The van der Waals surface area contributed by atoms with Gasteiger partial charge in [0.2, 0.25) is 0 Å². The summed E-state index contributed by atoms with van der Waals surface area (Å²) in [5.74, 6) is 1.05. The van der Waals surface area contributed by atoms with Crippen LogP contribution >= 0.6 is 0 Å². The van der Waals surface area contributed by atoms with Crippen molar-refractivity contribution in [2.75, 3.05) is 0 Å². The molecule has 0 amide bonds. The zero-order chi connectivity index (χ0) is 12.4. The summed E-state index contributed by atoms with van der Waals surface area (Å²) in [6.45, 7) is 2.11. The fraction of sp³-hybridized carbons (Fsp3) is 0.188. The third-order valence-corrected chi connectivity index (χ3v) is 3.06. The van der Waals surface area contributed by atoms with Crippen LogP contribution in [0.5, 0.6) is 0 Å². The van der Waals surface area contributed by atoms with Crippen molar-refractivity contribution in [3.63, 3.8) is 0 Å². The minimum Gasteiger partial charge on any atom is -0.342 e. The number of nitrogens with one attached hydrogen (secondary N) is 1. The molecule has 0 fully saturated rings. The SMILES string of the molecule is CCc1nc2ccc(CC3=CC=C=C=C3)cc2[nH]1. The molecule has 3 rings (SSSR count). The minimum absolute atomic E-state index is 0.918. The first-order valence-electron chi connectivity index (χ1n) is 6.19. The van der Waals surface area contributed by atoms with Crippen LogP contribution in [0.15, 0.2) is 53.5 Å². The van der Waals surface area contributed by atoms with Crippen LogP contribution in [0, 0.1) is 0 Å². The predicted molar refractivity (Wildman–Crippen MR) is 73.4 cm³/mol. The number of aromatic amines is 1. The molecule has 1 aliphatic carbocycles. The summed E-state index contributed by atoms with van der Waals surface area (Å²) in [7, 11) is 0. The van der Waals surface area contributed by atoms with E-state index in [1.807, 2.05) is 12.2 Å². The van der Waals surface area contributed by atoms with Crippen LogP contribution in [0.4, 0.5) is 0 Å². The number of nitrogens with zero attached hydrogens (tertiary/aromatic N) is 1. The Morgan fingerprint density at radius 3 is 3.00 bits per heavy atom. The molecule has 0 aliphatic heterocycles. The van der Waals surface area contributed by atoms with Crippen molar-refractivity contribution in [1.29, 1.82) is 0 Å². The van der Waals surface area contributed by atoms with Crippen LogP contribution in [0.2, 0.25) is 0 Å². The highest BCUT2D eigenvalue weighted by atomic mass is 14.9. The van der Waals surface area contributed by atoms with Gasteiger partial charge in [-0.2, -0.15) is 0 Å². The Bertz CT molecular complexity index is 719. The number of hydrogen-bond acceptors (Lipinski definition) is 1. The quantitative estimate of drug-likeness (QED) is 0.809. The smallest absolute Gasteiger partial charge is 0.106 e. The number of hydrogen-bond donors (Lipinski definition) is 1. The predicted octanol–water partition coefficient (Wildman–Crippen LogP) is 3.47. The van der Waals surface area contributed by atoms with Crippen molar-refractivity contribution in [3.05, 3.63) is 64.9 Å². The number of aryl methyl sites for hydroxylation is 1. The Labute approximate surface area is 106 Å². The first kappa shape index (κ1) is 10.9. The third-order valence-electron chi connectivity index (χ3n) is 3.06. The first-order chi connectivity index (χ1) is 8.85. The molecule has 0 saturated heterocycles. The molecule has 1 aromatic heterocycles. The maximum atomic E-state index is 4.51. The van der Waals surface area contributed by atoms with Crippen LogP contribution in [0.3, 0.4) is 0 Å². The van der Waals surface area contributed by atoms with Crippen LogP contribution in [-0.2, 0) is 12.8 Å². The van der Waals surface area contributed by atoms with Crippen LogP contribution < -0.4 is 0 Å². The fourth-order valence-corrected chi connectivity index (χ4v) is 2.11. The van der Waals surface area contributed by atoms with Crippen molar-refractivity contribution >= 4 is 11.0 Å². The lowest BCUT2D eigenvalue weighted by Crippen LogP contribution is -1.88. The van der Waals surface area contributed by atoms with Gasteiger partial charge in [-0.05, 0) is 47.9 Å². The fourth-order valence-electron chi connectivity index (χ4n) is 2.11. The minimum atomic E-state index is 0.918. The Kier molecular flexibility index (Phi) is 2.74. The number of fused-ring (bicyclic) bond motifs is 1. The van der Waals surface area contributed by atoms with E-state index in [9.17, 15) is 0 Å². The molecule has 1 N–H and O–H groups in total. The molecule has 2 nitrogen and oxygen atoms in total. The normalized spacial score (nSPS) is 13.3. The van der Waals surface area contributed by atoms with Crippen molar-refractivity contribution in [3.8, 4) is 0 Å². The standard InChI is InChI=1S/C16H14N2/c1-2-16-17-14-9-8-13(11-15(14)18-16)10-12-6-4-3-5-7-12/h4,6-9,11H,2,10H2,1H3,(H,17,18). The van der Waals surface area contributed by atoms with E-state index in [2.05, 4.69) is 52.6 Å². The summed E-state index contributed by atoms with van der Waals surface area (Å²) in [5, 5.41) is 0. The van der Waals surface area contributed by atoms with Crippen molar-refractivity contribution in [1.82, 2.24) is 9.97 Å². The Hall–Kier alpha value is -2.27. The van der Waals surface area contributed by atoms with E-state index < -0.39 is 0 Å². The maximum absolute atomic E-state index is 4.51. The summed E-state index contributed by atoms with van der Waals surface area (Å²) in [4.78, 5) is 7.86. The highest BCUT2D eigenvalue weighted by molar-refractivity contribution is 5.76. The molecular formula is C16H14N2. The van der Waals surface area contributed by atoms with Gasteiger partial charge < -0.3 is 4.98 Å². The number of allylic oxidation sites excluding steroid dienone is 4. The van der Waals surface area contributed by atoms with Crippen LogP contribution in [-0.4, -0.2) is 9.97 Å². The van der Waals surface area contributed by atoms with Crippen LogP contribution in [0.1, 0.15) is 18.3 Å². The van der Waals surface area contributed by atoms with E-state index >= 15 is 0 Å². The summed E-state index contributed by atoms with van der Waals surface area (Å²) in [6.07, 6.45) is 7.81. The largest absolute Gasteiger partial charge is 0.342 e. The maximum Gasteiger partial charge on any atom is 0.106 e. The van der Waals surface area contributed by atoms with Gasteiger partial charge in [0.05, 0.1) is 11.0 Å². The van der Waals surface area contributed by atoms with Gasteiger partial charge in [0.1, 0.15) is 5.82 Å². The molecule has 0 atom stereocenters. The first-order valence-corrected chi connectivity index (χ1v) is 6.19. The van der Waals surface area contributed by atoms with Crippen molar-refractivity contribution in [2.24, 2.45) is 0 Å². The summed E-state index contributed by atoms with van der Waals surface area (Å²) in [6, 6.07) is 6.40. The average Bonchev–Trinajstić information content (AvgIpc) is 2.82. The highest BCUT2D eigenvalue weighted by Gasteiger charge is 2.03. The zero-order valence-corrected chi connectivity index (χ0v) is 10.3. The van der Waals surface area contributed by atoms with Gasteiger partial charge in [0.25, 0.3) is 0 Å². The van der Waals surface area contributed by atoms with E-state index in [4.69, 9.17) is 0 Å². The molecule has 1 aromatic carbocycles. The number of aromatic nitrogens is 2. The molecule has 88 valence electrons. The van der Waals surface area contributed by atoms with E-state index in [1.165, 1.54) is 11.1 Å². The molecule has 0 radical (unpaired) electrons. The lowest BCUT2D eigenvalue weighted by atomic mass is 10.0. The number of H-pyrrole nitrogens is 1. The van der Waals surface area contributed by atoms with Gasteiger partial charge in [-0.1, -0.05) is 24.5 Å². The third kappa shape index (κ3) is 2.08. The molecular weight excluding hydrogens is 220 g/mol. The molecule has 1 heterocycles. The van der Waals surface area contributed by atoms with E-state index in [0.717, 1.165) is 29.7 Å². The van der Waals surface area contributed by atoms with Gasteiger partial charge in [0.15, 0.2) is 0 Å². The molecule has 1 aliphatic rings. The lowest BCUT2D eigenvalue weighted by Gasteiger charge is -2.02. The van der Waals surface area contributed by atoms with Gasteiger partial charge in [-0.15, -0.1) is 0 Å². The number of rotatable bonds is 3. The van der Waals surface area contributed by atoms with Gasteiger partial charge >= 0.3 is 0 Å². The van der Waals surface area contributed by atoms with E-state index in [1.54, 1.807) is 0 Å². The Balaban J connectivity index is 1.91. The van der Waals surface area contributed by atoms with Gasteiger partial charge in [0, 0.05) is 6.42 Å². The summed E-state index contributed by atoms with van der Waals surface area (Å²) in [5.41, 5.74) is 10.6. The Morgan fingerprint density at radius 1 is 1.28 bits per heavy atom. The van der Waals surface area contributed by atoms with Crippen molar-refractivity contribution < 1.29 is 0 Å². The topological polar surface area (TPSA) is 28.7 Å². The second-order valence-electron chi connectivity index (χ2n) is 4.41. The van der Waals surface area contributed by atoms with E-state index in [0.29, 0.717) is 0 Å². The molecule has 0 unspecified atom stereocenters. The monoisotopic (exact) mass is 234 g/mol. The highest BCUT2D eigenvalue weighted by Crippen LogP contribution is 2.17. The molecule has 2 heteroatoms. The average molecular weight is 234 g/mol. The second-order valence-corrected chi connectivity index (χ2v) is 4.41. The molecule has 0 spiro atoms. The second kappa shape index (κ2) is 4.54. The summed E-state index contributed by atoms with van der Waals surface area (Å²) >= 11 is 0. The van der Waals surface area contributed by atoms with Crippen LogP contribution in [0.25, 0.3) is 11.0 Å². The molecule has 0 saturated carbocycles. The van der Waals surface area contributed by atoms with Crippen molar-refractivity contribution in [2.45, 2.75) is 19.8 Å². The van der Waals surface area contributed by atoms with Gasteiger partial charge in [-0.3, -0.25) is 0 Å². The lowest BCUT2D eigenvalue weighted by molar-refractivity contribution is 1.00. The molecule has 0 bridgehead atoms.